The Morgan fingerprint density at radius 1 is 1.27 bits per heavy atom. The summed E-state index contributed by atoms with van der Waals surface area (Å²) >= 11 is 11.6. The predicted molar refractivity (Wildman–Crippen MR) is 59.7 cm³/mol. The summed E-state index contributed by atoms with van der Waals surface area (Å²) in [6.07, 6.45) is 0.126. The van der Waals surface area contributed by atoms with Crippen molar-refractivity contribution in [1.82, 2.24) is 0 Å². The zero-order valence-electron chi connectivity index (χ0n) is 8.09. The molecule has 0 heterocycles. The Morgan fingerprint density at radius 2 is 1.93 bits per heavy atom. The van der Waals surface area contributed by atoms with Crippen LogP contribution >= 0.6 is 23.2 Å². The first kappa shape index (κ1) is 11.9. The van der Waals surface area contributed by atoms with Gasteiger partial charge in [0.1, 0.15) is 0 Å². The second kappa shape index (κ2) is 4.53. The van der Waals surface area contributed by atoms with Crippen LogP contribution in [0.5, 0.6) is 0 Å². The first-order valence-corrected chi connectivity index (χ1v) is 5.03. The van der Waals surface area contributed by atoms with E-state index in [9.17, 15) is 0 Å². The third-order valence-corrected chi connectivity index (χ3v) is 2.98. The summed E-state index contributed by atoms with van der Waals surface area (Å²) in [5.41, 5.74) is -0.121. The summed E-state index contributed by atoms with van der Waals surface area (Å²) in [7, 11) is 0. The number of halogens is 2. The van der Waals surface area contributed by atoms with Crippen LogP contribution < -0.4 is 0 Å². The van der Waals surface area contributed by atoms with E-state index in [1.165, 1.54) is 0 Å². The molecule has 2 nitrogen and oxygen atoms in total. The molecule has 4 heteroatoms. The molecule has 0 aliphatic rings. The second-order valence-electron chi connectivity index (χ2n) is 3.41. The first-order valence-electron chi connectivity index (χ1n) is 4.27. The lowest BCUT2D eigenvalue weighted by Crippen LogP contribution is -2.18. The number of hydrogen-bond acceptors (Lipinski definition) is 2. The lowest BCUT2D eigenvalue weighted by molar-refractivity contribution is 0.628. The number of hydrogen-bond donors (Lipinski definition) is 0. The Hall–Kier alpha value is -1.22. The van der Waals surface area contributed by atoms with Crippen molar-refractivity contribution in [3.8, 4) is 12.1 Å². The van der Waals surface area contributed by atoms with Gasteiger partial charge in [0.15, 0.2) is 0 Å². The van der Waals surface area contributed by atoms with Gasteiger partial charge in [-0.1, -0.05) is 29.3 Å². The van der Waals surface area contributed by atoms with Crippen molar-refractivity contribution < 1.29 is 0 Å². The minimum atomic E-state index is -0.830. The number of nitrogens with zero attached hydrogens (tertiary/aromatic N) is 2. The molecule has 15 heavy (non-hydrogen) atoms. The average molecular weight is 239 g/mol. The predicted octanol–water partition coefficient (Wildman–Crippen LogP) is 3.69. The van der Waals surface area contributed by atoms with Crippen LogP contribution in [0.3, 0.4) is 0 Å². The summed E-state index contributed by atoms with van der Waals surface area (Å²) in [6, 6.07) is 9.09. The van der Waals surface area contributed by atoms with Crippen LogP contribution in [0.2, 0.25) is 10.0 Å². The smallest absolute Gasteiger partial charge is 0.0924 e. The third kappa shape index (κ3) is 2.42. The highest BCUT2D eigenvalue weighted by Gasteiger charge is 2.26. The molecule has 1 unspecified atom stereocenters. The summed E-state index contributed by atoms with van der Waals surface area (Å²) in [6.45, 7) is 1.70. The molecule has 0 saturated heterocycles. The van der Waals surface area contributed by atoms with Gasteiger partial charge in [0.2, 0.25) is 0 Å². The van der Waals surface area contributed by atoms with Crippen LogP contribution in [0.1, 0.15) is 18.9 Å². The minimum absolute atomic E-state index is 0.126. The highest BCUT2D eigenvalue weighted by Crippen LogP contribution is 2.31. The van der Waals surface area contributed by atoms with Crippen molar-refractivity contribution in [3.63, 3.8) is 0 Å². The van der Waals surface area contributed by atoms with Gasteiger partial charge in [-0.15, -0.1) is 0 Å². The number of benzene rings is 1. The van der Waals surface area contributed by atoms with Crippen molar-refractivity contribution in [2.75, 3.05) is 0 Å². The van der Waals surface area contributed by atoms with Gasteiger partial charge in [0, 0.05) is 0 Å². The quantitative estimate of drug-likeness (QED) is 0.790. The molecule has 0 fully saturated rings. The molecule has 0 saturated carbocycles. The van der Waals surface area contributed by atoms with E-state index in [0.717, 1.165) is 0 Å². The van der Waals surface area contributed by atoms with E-state index in [1.807, 2.05) is 6.07 Å². The fourth-order valence-corrected chi connectivity index (χ4v) is 1.50. The molecular weight excluding hydrogens is 231 g/mol. The SMILES string of the molecule is CC(C#N)(CC#N)c1ccc(Cl)c(Cl)c1. The molecule has 1 aromatic rings. The molecule has 76 valence electrons. The van der Waals surface area contributed by atoms with E-state index in [1.54, 1.807) is 25.1 Å². The van der Waals surface area contributed by atoms with Crippen molar-refractivity contribution in [2.24, 2.45) is 0 Å². The Balaban J connectivity index is 3.21. The molecule has 1 aromatic carbocycles. The monoisotopic (exact) mass is 238 g/mol. The summed E-state index contributed by atoms with van der Waals surface area (Å²) in [5.74, 6) is 0. The zero-order valence-corrected chi connectivity index (χ0v) is 9.60. The first-order chi connectivity index (χ1) is 7.03. The molecule has 0 aliphatic carbocycles. The fraction of sp³-hybridized carbons (Fsp3) is 0.273. The van der Waals surface area contributed by atoms with Crippen LogP contribution in [0.4, 0.5) is 0 Å². The molecule has 0 bridgehead atoms. The molecule has 0 N–H and O–H groups in total. The highest BCUT2D eigenvalue weighted by molar-refractivity contribution is 6.42. The third-order valence-electron chi connectivity index (χ3n) is 2.24. The van der Waals surface area contributed by atoms with Crippen molar-refractivity contribution in [1.29, 1.82) is 10.5 Å². The molecule has 0 aliphatic heterocycles. The largest absolute Gasteiger partial charge is 0.198 e. The van der Waals surface area contributed by atoms with Gasteiger partial charge >= 0.3 is 0 Å². The summed E-state index contributed by atoms with van der Waals surface area (Å²) < 4.78 is 0. The second-order valence-corrected chi connectivity index (χ2v) is 4.22. The van der Waals surface area contributed by atoms with E-state index >= 15 is 0 Å². The zero-order chi connectivity index (χ0) is 11.5. The normalized spacial score (nSPS) is 13.7. The number of rotatable bonds is 2. The molecule has 1 rings (SSSR count). The molecule has 0 spiro atoms. The maximum absolute atomic E-state index is 9.05. The van der Waals surface area contributed by atoms with E-state index < -0.39 is 5.41 Å². The van der Waals surface area contributed by atoms with Gasteiger partial charge in [-0.2, -0.15) is 10.5 Å². The Morgan fingerprint density at radius 3 is 2.40 bits per heavy atom. The molecule has 0 amide bonds. The molecule has 1 atom stereocenters. The van der Waals surface area contributed by atoms with Crippen molar-refractivity contribution in [3.05, 3.63) is 33.8 Å². The van der Waals surface area contributed by atoms with Gasteiger partial charge in [-0.25, -0.2) is 0 Å². The summed E-state index contributed by atoms with van der Waals surface area (Å²) in [5, 5.41) is 18.5. The van der Waals surface area contributed by atoms with E-state index in [4.69, 9.17) is 33.7 Å². The van der Waals surface area contributed by atoms with Crippen LogP contribution in [0, 0.1) is 22.7 Å². The Labute approximate surface area is 98.6 Å². The maximum Gasteiger partial charge on any atom is 0.0924 e. The molecule has 0 radical (unpaired) electrons. The van der Waals surface area contributed by atoms with Crippen LogP contribution in [0.25, 0.3) is 0 Å². The van der Waals surface area contributed by atoms with E-state index in [0.29, 0.717) is 15.6 Å². The van der Waals surface area contributed by atoms with Crippen LogP contribution in [-0.4, -0.2) is 0 Å². The van der Waals surface area contributed by atoms with Crippen molar-refractivity contribution >= 4 is 23.2 Å². The van der Waals surface area contributed by atoms with E-state index in [2.05, 4.69) is 6.07 Å². The lowest BCUT2D eigenvalue weighted by Gasteiger charge is -2.18. The Bertz CT molecular complexity index is 457. The van der Waals surface area contributed by atoms with Gasteiger partial charge in [-0.05, 0) is 24.6 Å². The van der Waals surface area contributed by atoms with Crippen LogP contribution in [-0.2, 0) is 5.41 Å². The van der Waals surface area contributed by atoms with Gasteiger partial charge < -0.3 is 0 Å². The molecule has 0 aromatic heterocycles. The molecular formula is C11H8Cl2N2. The Kier molecular flexibility index (Phi) is 3.58. The minimum Gasteiger partial charge on any atom is -0.198 e. The van der Waals surface area contributed by atoms with Crippen LogP contribution in [0.15, 0.2) is 18.2 Å². The average Bonchev–Trinajstić information content (AvgIpc) is 2.22. The topological polar surface area (TPSA) is 47.6 Å². The number of nitriles is 2. The van der Waals surface area contributed by atoms with Gasteiger partial charge in [0.25, 0.3) is 0 Å². The van der Waals surface area contributed by atoms with Gasteiger partial charge in [-0.3, -0.25) is 0 Å². The van der Waals surface area contributed by atoms with Crippen molar-refractivity contribution in [2.45, 2.75) is 18.8 Å². The van der Waals surface area contributed by atoms with E-state index in [-0.39, 0.29) is 6.42 Å². The lowest BCUT2D eigenvalue weighted by atomic mass is 9.81. The fourth-order valence-electron chi connectivity index (χ4n) is 1.20. The van der Waals surface area contributed by atoms with Gasteiger partial charge in [0.05, 0.1) is 34.0 Å². The standard InChI is InChI=1S/C11H8Cl2N2/c1-11(7-15,4-5-14)8-2-3-9(12)10(13)6-8/h2-3,6H,4H2,1H3. The summed E-state index contributed by atoms with van der Waals surface area (Å²) in [4.78, 5) is 0. The highest BCUT2D eigenvalue weighted by atomic mass is 35.5. The maximum atomic E-state index is 9.05.